The Bertz CT molecular complexity index is 1400. The molecular weight excluding hydrogens is 484 g/mol. The van der Waals surface area contributed by atoms with Crippen LogP contribution in [0.2, 0.25) is 0 Å². The number of carbonyl (C=O) groups excluding carboxylic acids is 1. The fourth-order valence-electron chi connectivity index (χ4n) is 4.12. The third kappa shape index (κ3) is 5.40. The second-order valence-corrected chi connectivity index (χ2v) is 11.7. The second-order valence-electron chi connectivity index (χ2n) is 9.64. The minimum absolute atomic E-state index is 0.110. The number of ether oxygens (including phenoxy) is 1. The Hall–Kier alpha value is -3.19. The first-order valence-corrected chi connectivity index (χ1v) is 12.5. The third-order valence-electron chi connectivity index (χ3n) is 5.44. The molecule has 0 atom stereocenters. The molecule has 1 aliphatic heterocycles. The van der Waals surface area contributed by atoms with E-state index in [1.807, 2.05) is 0 Å². The number of amides is 1. The van der Waals surface area contributed by atoms with Crippen LogP contribution in [0.3, 0.4) is 0 Å². The van der Waals surface area contributed by atoms with Crippen LogP contribution in [0.15, 0.2) is 24.5 Å². The van der Waals surface area contributed by atoms with Gasteiger partial charge in [0.25, 0.3) is 5.91 Å². The fourth-order valence-corrected chi connectivity index (χ4v) is 6.13. The Morgan fingerprint density at radius 3 is 2.57 bits per heavy atom. The highest BCUT2D eigenvalue weighted by Gasteiger charge is 2.45. The first kappa shape index (κ1) is 24.9. The number of nitrogens with zero attached hydrogens (tertiary/aromatic N) is 4. The summed E-state index contributed by atoms with van der Waals surface area (Å²) in [7, 11) is -3.16. The molecule has 0 spiro atoms. The van der Waals surface area contributed by atoms with Crippen molar-refractivity contribution >= 4 is 26.8 Å². The second kappa shape index (κ2) is 8.48. The van der Waals surface area contributed by atoms with Crippen molar-refractivity contribution in [1.29, 1.82) is 0 Å². The molecule has 3 aromatic heterocycles. The number of hydrogen-bond donors (Lipinski definition) is 2. The topological polar surface area (TPSA) is 136 Å². The van der Waals surface area contributed by atoms with E-state index in [-0.39, 0.29) is 29.2 Å². The van der Waals surface area contributed by atoms with Gasteiger partial charge in [0.2, 0.25) is 0 Å². The lowest BCUT2D eigenvalue weighted by Crippen LogP contribution is -2.63. The normalized spacial score (nSPS) is 16.8. The molecule has 4 rings (SSSR count). The molecule has 0 bridgehead atoms. The Kier molecular flexibility index (Phi) is 6.04. The van der Waals surface area contributed by atoms with Crippen molar-refractivity contribution in [3.05, 3.63) is 41.5 Å². The monoisotopic (exact) mass is 509 g/mol. The van der Waals surface area contributed by atoms with Crippen molar-refractivity contribution in [2.45, 2.75) is 51.9 Å². The summed E-state index contributed by atoms with van der Waals surface area (Å²) in [6.07, 6.45) is 2.60. The van der Waals surface area contributed by atoms with Gasteiger partial charge in [0.15, 0.2) is 15.5 Å². The van der Waals surface area contributed by atoms with Crippen LogP contribution in [0.5, 0.6) is 5.75 Å². The predicted molar refractivity (Wildman–Crippen MR) is 123 cm³/mol. The zero-order valence-electron chi connectivity index (χ0n) is 19.5. The number of rotatable bonds is 7. The van der Waals surface area contributed by atoms with E-state index in [0.717, 1.165) is 0 Å². The number of pyridine rings is 2. The van der Waals surface area contributed by atoms with E-state index in [4.69, 9.17) is 0 Å². The maximum Gasteiger partial charge on any atom is 0.387 e. The maximum absolute atomic E-state index is 12.9. The molecular formula is C22H25F2N5O5S. The van der Waals surface area contributed by atoms with E-state index in [2.05, 4.69) is 25.1 Å². The van der Waals surface area contributed by atoms with Gasteiger partial charge in [-0.15, -0.1) is 0 Å². The van der Waals surface area contributed by atoms with Gasteiger partial charge in [0.05, 0.1) is 51.5 Å². The molecule has 2 N–H and O–H groups in total. The molecule has 1 amide bonds. The molecule has 4 heterocycles. The average molecular weight is 510 g/mol. The van der Waals surface area contributed by atoms with Gasteiger partial charge in [-0.05, 0) is 33.8 Å². The zero-order chi connectivity index (χ0) is 25.8. The summed E-state index contributed by atoms with van der Waals surface area (Å²) in [5, 5.41) is 18.2. The van der Waals surface area contributed by atoms with Crippen molar-refractivity contribution in [3.63, 3.8) is 0 Å². The van der Waals surface area contributed by atoms with E-state index in [1.165, 1.54) is 23.1 Å². The molecule has 3 aromatic rings. The molecule has 35 heavy (non-hydrogen) atoms. The molecule has 1 aliphatic rings. The van der Waals surface area contributed by atoms with Crippen LogP contribution in [-0.4, -0.2) is 68.4 Å². The molecule has 0 saturated carbocycles. The molecule has 0 radical (unpaired) electrons. The minimum atomic E-state index is -3.16. The number of aryl methyl sites for hydroxylation is 1. The number of hydrogen-bond acceptors (Lipinski definition) is 8. The van der Waals surface area contributed by atoms with Crippen LogP contribution in [0.1, 0.15) is 42.5 Å². The molecule has 188 valence electrons. The highest BCUT2D eigenvalue weighted by molar-refractivity contribution is 7.93. The first-order valence-electron chi connectivity index (χ1n) is 10.7. The van der Waals surface area contributed by atoms with Gasteiger partial charge in [0.1, 0.15) is 5.75 Å². The Morgan fingerprint density at radius 2 is 1.97 bits per heavy atom. The van der Waals surface area contributed by atoms with Crippen LogP contribution in [0.25, 0.3) is 16.7 Å². The first-order chi connectivity index (χ1) is 16.1. The van der Waals surface area contributed by atoms with Crippen LogP contribution in [-0.2, 0) is 16.3 Å². The number of fused-ring (bicyclic) bond motifs is 1. The highest BCUT2D eigenvalue weighted by Crippen LogP contribution is 2.28. The summed E-state index contributed by atoms with van der Waals surface area (Å²) in [5.41, 5.74) is -0.279. The maximum atomic E-state index is 12.9. The summed E-state index contributed by atoms with van der Waals surface area (Å²) in [6.45, 7) is 3.49. The number of nitrogens with one attached hydrogen (secondary N) is 1. The number of aromatic nitrogens is 4. The number of aliphatic hydroxyl groups is 1. The summed E-state index contributed by atoms with van der Waals surface area (Å²) < 4.78 is 54.4. The molecule has 10 nitrogen and oxygen atoms in total. The quantitative estimate of drug-likeness (QED) is 0.493. The van der Waals surface area contributed by atoms with Crippen molar-refractivity contribution in [2.24, 2.45) is 0 Å². The summed E-state index contributed by atoms with van der Waals surface area (Å²) >= 11 is 0. The fraction of sp³-hybridized carbons (Fsp3) is 0.455. The summed E-state index contributed by atoms with van der Waals surface area (Å²) in [6, 6.07) is 2.91. The smallest absolute Gasteiger partial charge is 0.387 e. The van der Waals surface area contributed by atoms with E-state index in [0.29, 0.717) is 28.1 Å². The molecule has 1 fully saturated rings. The van der Waals surface area contributed by atoms with Crippen LogP contribution < -0.4 is 10.1 Å². The minimum Gasteiger partial charge on any atom is -0.433 e. The van der Waals surface area contributed by atoms with E-state index in [1.54, 1.807) is 33.8 Å². The number of halogens is 2. The Balaban J connectivity index is 1.77. The van der Waals surface area contributed by atoms with E-state index < -0.39 is 33.5 Å². The molecule has 0 aromatic carbocycles. The number of alkyl halides is 2. The van der Waals surface area contributed by atoms with Gasteiger partial charge in [-0.3, -0.25) is 9.78 Å². The molecule has 1 saturated heterocycles. The molecule has 13 heteroatoms. The van der Waals surface area contributed by atoms with Crippen molar-refractivity contribution < 1.29 is 31.8 Å². The van der Waals surface area contributed by atoms with Gasteiger partial charge < -0.3 is 15.2 Å². The van der Waals surface area contributed by atoms with Crippen molar-refractivity contribution in [3.8, 4) is 11.4 Å². The lowest BCUT2D eigenvalue weighted by atomic mass is 10.0. The summed E-state index contributed by atoms with van der Waals surface area (Å²) in [4.78, 5) is 21.4. The largest absolute Gasteiger partial charge is 0.433 e. The Labute approximate surface area is 200 Å². The lowest BCUT2D eigenvalue weighted by Gasteiger charge is -2.38. The average Bonchev–Trinajstić information content (AvgIpc) is 3.03. The SMILES string of the molecule is Cc1ncc(OC(F)F)cc1-n1nc(CC(C)(C)O)c2cc(C(=O)NC3(C)CS(=O)(=O)C3)cnc21. The zero-order valence-corrected chi connectivity index (χ0v) is 20.4. The summed E-state index contributed by atoms with van der Waals surface area (Å²) in [5.74, 6) is -0.948. The van der Waals surface area contributed by atoms with Crippen LogP contribution >= 0.6 is 0 Å². The van der Waals surface area contributed by atoms with Gasteiger partial charge in [-0.2, -0.15) is 13.9 Å². The van der Waals surface area contributed by atoms with E-state index >= 15 is 0 Å². The Morgan fingerprint density at radius 1 is 1.29 bits per heavy atom. The third-order valence-corrected chi connectivity index (χ3v) is 7.60. The standard InChI is InChI=1S/C22H25F2N5O5S/c1-12-17(6-14(9-25-12)34-20(23)24)29-18-15(16(28-29)7-21(2,3)31)5-13(8-26-18)19(30)27-22(4)10-35(32,33)11-22/h5-6,8-9,20,31H,7,10-11H2,1-4H3,(H,27,30). The van der Waals surface area contributed by atoms with Gasteiger partial charge in [-0.1, -0.05) is 0 Å². The van der Waals surface area contributed by atoms with E-state index in [9.17, 15) is 27.1 Å². The highest BCUT2D eigenvalue weighted by atomic mass is 32.2. The van der Waals surface area contributed by atoms with Crippen molar-refractivity contribution in [1.82, 2.24) is 25.1 Å². The van der Waals surface area contributed by atoms with Gasteiger partial charge in [-0.25, -0.2) is 18.1 Å². The lowest BCUT2D eigenvalue weighted by molar-refractivity contribution is -0.0501. The van der Waals surface area contributed by atoms with Crippen LogP contribution in [0, 0.1) is 6.92 Å². The predicted octanol–water partition coefficient (Wildman–Crippen LogP) is 1.96. The van der Waals surface area contributed by atoms with Gasteiger partial charge >= 0.3 is 6.61 Å². The number of carbonyl (C=O) groups is 1. The van der Waals surface area contributed by atoms with Gasteiger partial charge in [0, 0.05) is 24.1 Å². The van der Waals surface area contributed by atoms with Crippen molar-refractivity contribution in [2.75, 3.05) is 11.5 Å². The molecule has 0 aliphatic carbocycles. The number of sulfone groups is 1. The molecule has 0 unspecified atom stereocenters. The van der Waals surface area contributed by atoms with Crippen LogP contribution in [0.4, 0.5) is 8.78 Å².